The van der Waals surface area contributed by atoms with Crippen molar-refractivity contribution in [3.05, 3.63) is 99.1 Å². The summed E-state index contributed by atoms with van der Waals surface area (Å²) in [5.74, 6) is -0.458. The number of ether oxygens (including phenoxy) is 1. The molecule has 0 heterocycles. The first-order valence-corrected chi connectivity index (χ1v) is 12.1. The van der Waals surface area contributed by atoms with Gasteiger partial charge in [-0.05, 0) is 55.0 Å². The lowest BCUT2D eigenvalue weighted by atomic mass is 10.1. The number of nitrogens with one attached hydrogen (secondary N) is 1. The number of halogens is 1. The predicted octanol–water partition coefficient (Wildman–Crippen LogP) is 5.61. The Morgan fingerprint density at radius 1 is 0.973 bits per heavy atom. The molecule has 0 saturated carbocycles. The van der Waals surface area contributed by atoms with Crippen LogP contribution in [0.1, 0.15) is 42.1 Å². The van der Waals surface area contributed by atoms with E-state index in [2.05, 4.69) is 17.3 Å². The zero-order valence-electron chi connectivity index (χ0n) is 20.5. The summed E-state index contributed by atoms with van der Waals surface area (Å²) in [7, 11) is 1.52. The molecule has 2 amide bonds. The predicted molar refractivity (Wildman–Crippen MR) is 143 cm³/mol. The third kappa shape index (κ3) is 7.37. The zero-order chi connectivity index (χ0) is 26.8. The molecule has 0 aliphatic rings. The molecule has 1 N–H and O–H groups in total. The van der Waals surface area contributed by atoms with Crippen molar-refractivity contribution in [2.45, 2.75) is 26.2 Å². The van der Waals surface area contributed by atoms with Crippen molar-refractivity contribution in [2.24, 2.45) is 5.10 Å². The van der Waals surface area contributed by atoms with Gasteiger partial charge in [0.2, 0.25) is 0 Å². The first-order valence-electron chi connectivity index (χ1n) is 11.7. The molecule has 9 nitrogen and oxygen atoms in total. The Bertz CT molecular complexity index is 1260. The fourth-order valence-corrected chi connectivity index (χ4v) is 3.52. The maximum absolute atomic E-state index is 13.6. The Balaban J connectivity index is 2.08. The number of unbranched alkanes of at least 4 members (excludes halogenated alkanes) is 2. The van der Waals surface area contributed by atoms with E-state index in [1.165, 1.54) is 31.4 Å². The Labute approximate surface area is 219 Å². The molecule has 192 valence electrons. The van der Waals surface area contributed by atoms with E-state index in [-0.39, 0.29) is 17.0 Å². The van der Waals surface area contributed by atoms with Gasteiger partial charge in [0.05, 0.1) is 17.7 Å². The van der Waals surface area contributed by atoms with Crippen LogP contribution < -0.4 is 15.1 Å². The molecular weight excluding hydrogens is 496 g/mol. The van der Waals surface area contributed by atoms with Crippen molar-refractivity contribution >= 4 is 40.5 Å². The van der Waals surface area contributed by atoms with Gasteiger partial charge < -0.3 is 10.1 Å². The molecule has 0 unspecified atom stereocenters. The van der Waals surface area contributed by atoms with Gasteiger partial charge in [-0.25, -0.2) is 0 Å². The number of hydrogen-bond donors (Lipinski definition) is 1. The number of carbonyl (C=O) groups is 2. The van der Waals surface area contributed by atoms with Crippen molar-refractivity contribution in [3.63, 3.8) is 0 Å². The van der Waals surface area contributed by atoms with E-state index in [1.807, 2.05) is 0 Å². The number of methoxy groups -OCH3 is 1. The third-order valence-corrected chi connectivity index (χ3v) is 5.69. The van der Waals surface area contributed by atoms with Gasteiger partial charge in [0, 0.05) is 34.8 Å². The molecule has 0 aliphatic carbocycles. The van der Waals surface area contributed by atoms with Crippen LogP contribution in [-0.2, 0) is 4.79 Å². The Morgan fingerprint density at radius 2 is 1.59 bits per heavy atom. The summed E-state index contributed by atoms with van der Waals surface area (Å²) >= 11 is 6.05. The molecule has 0 saturated heterocycles. The molecule has 3 rings (SSSR count). The van der Waals surface area contributed by atoms with E-state index in [0.717, 1.165) is 24.3 Å². The maximum atomic E-state index is 13.6. The largest absolute Gasteiger partial charge is 0.497 e. The number of nitro groups is 1. The van der Waals surface area contributed by atoms with E-state index in [1.54, 1.807) is 48.5 Å². The molecule has 37 heavy (non-hydrogen) atoms. The van der Waals surface area contributed by atoms with Crippen molar-refractivity contribution in [3.8, 4) is 5.75 Å². The Hall–Kier alpha value is -4.24. The van der Waals surface area contributed by atoms with Gasteiger partial charge in [-0.3, -0.25) is 19.7 Å². The van der Waals surface area contributed by atoms with E-state index >= 15 is 0 Å². The first-order chi connectivity index (χ1) is 17.8. The number of nitro benzene ring substituents is 1. The number of rotatable bonds is 11. The van der Waals surface area contributed by atoms with E-state index < -0.39 is 16.7 Å². The van der Waals surface area contributed by atoms with Crippen LogP contribution in [0.5, 0.6) is 5.75 Å². The number of anilines is 1. The van der Waals surface area contributed by atoms with Gasteiger partial charge in [0.25, 0.3) is 17.5 Å². The lowest BCUT2D eigenvalue weighted by Crippen LogP contribution is -2.36. The summed E-state index contributed by atoms with van der Waals surface area (Å²) in [4.78, 5) is 37.3. The summed E-state index contributed by atoms with van der Waals surface area (Å²) in [6, 6.07) is 18.3. The Kier molecular flexibility index (Phi) is 9.74. The summed E-state index contributed by atoms with van der Waals surface area (Å²) in [6.07, 6.45) is 2.77. The minimum Gasteiger partial charge on any atom is -0.497 e. The minimum absolute atomic E-state index is 0.0132. The number of non-ortho nitro benzene ring substituents is 1. The third-order valence-electron chi connectivity index (χ3n) is 5.43. The highest BCUT2D eigenvalue weighted by Crippen LogP contribution is 2.24. The van der Waals surface area contributed by atoms with Crippen LogP contribution >= 0.6 is 11.6 Å². The second-order valence-electron chi connectivity index (χ2n) is 8.04. The molecule has 0 aliphatic heterocycles. The van der Waals surface area contributed by atoms with Crippen LogP contribution in [-0.4, -0.2) is 36.1 Å². The summed E-state index contributed by atoms with van der Waals surface area (Å²) < 4.78 is 5.21. The van der Waals surface area contributed by atoms with Crippen molar-refractivity contribution in [2.75, 3.05) is 18.7 Å². The number of hydrazone groups is 1. The molecule has 3 aromatic rings. The zero-order valence-corrected chi connectivity index (χ0v) is 21.3. The first kappa shape index (κ1) is 27.3. The molecular formula is C27H27ClN4O5. The second-order valence-corrected chi connectivity index (χ2v) is 8.47. The molecule has 0 radical (unpaired) electrons. The van der Waals surface area contributed by atoms with Gasteiger partial charge in [-0.2, -0.15) is 10.1 Å². The monoisotopic (exact) mass is 522 g/mol. The maximum Gasteiger partial charge on any atom is 0.278 e. The highest BCUT2D eigenvalue weighted by Gasteiger charge is 2.23. The SMILES string of the molecule is CCCCCNC(=O)C(=NN(C(=O)c1ccc([N+](=O)[O-])cc1)c1ccc(OC)cc1)c1ccc(Cl)cc1. The van der Waals surface area contributed by atoms with Crippen LogP contribution in [0.15, 0.2) is 77.9 Å². The highest BCUT2D eigenvalue weighted by molar-refractivity contribution is 6.46. The average Bonchev–Trinajstić information content (AvgIpc) is 2.92. The molecule has 0 atom stereocenters. The Morgan fingerprint density at radius 3 is 2.16 bits per heavy atom. The minimum atomic E-state index is -0.578. The van der Waals surface area contributed by atoms with Crippen molar-refractivity contribution < 1.29 is 19.2 Å². The summed E-state index contributed by atoms with van der Waals surface area (Å²) in [5.41, 5.74) is 0.856. The molecule has 0 aromatic heterocycles. The van der Waals surface area contributed by atoms with Gasteiger partial charge >= 0.3 is 0 Å². The van der Waals surface area contributed by atoms with Crippen LogP contribution in [0.2, 0.25) is 5.02 Å². The van der Waals surface area contributed by atoms with Crippen molar-refractivity contribution in [1.82, 2.24) is 5.32 Å². The fourth-order valence-electron chi connectivity index (χ4n) is 3.39. The molecule has 0 spiro atoms. The van der Waals surface area contributed by atoms with Crippen LogP contribution in [0.3, 0.4) is 0 Å². The average molecular weight is 523 g/mol. The summed E-state index contributed by atoms with van der Waals surface area (Å²) in [6.45, 7) is 2.52. The number of amides is 2. The fraction of sp³-hybridized carbons (Fsp3) is 0.222. The number of carbonyl (C=O) groups excluding carboxylic acids is 2. The van der Waals surface area contributed by atoms with Gasteiger partial charge in [-0.1, -0.05) is 43.5 Å². The molecule has 3 aromatic carbocycles. The van der Waals surface area contributed by atoms with Gasteiger partial charge in [0.15, 0.2) is 5.71 Å². The molecule has 0 fully saturated rings. The van der Waals surface area contributed by atoms with Gasteiger partial charge in [-0.15, -0.1) is 0 Å². The van der Waals surface area contributed by atoms with E-state index in [4.69, 9.17) is 16.3 Å². The van der Waals surface area contributed by atoms with Crippen LogP contribution in [0.4, 0.5) is 11.4 Å². The second kappa shape index (κ2) is 13.2. The highest BCUT2D eigenvalue weighted by atomic mass is 35.5. The van der Waals surface area contributed by atoms with E-state index in [9.17, 15) is 19.7 Å². The number of hydrogen-bond acceptors (Lipinski definition) is 6. The summed E-state index contributed by atoms with van der Waals surface area (Å²) in [5, 5.41) is 20.0. The molecule has 10 heteroatoms. The number of nitrogens with zero attached hydrogens (tertiary/aromatic N) is 3. The van der Waals surface area contributed by atoms with Crippen LogP contribution in [0.25, 0.3) is 0 Å². The van der Waals surface area contributed by atoms with Crippen molar-refractivity contribution in [1.29, 1.82) is 0 Å². The van der Waals surface area contributed by atoms with Gasteiger partial charge in [0.1, 0.15) is 5.75 Å². The quantitative estimate of drug-likeness (QED) is 0.152. The topological polar surface area (TPSA) is 114 Å². The molecule has 0 bridgehead atoms. The van der Waals surface area contributed by atoms with Crippen LogP contribution in [0, 0.1) is 10.1 Å². The lowest BCUT2D eigenvalue weighted by Gasteiger charge is -2.20. The van der Waals surface area contributed by atoms with E-state index in [0.29, 0.717) is 28.6 Å². The smallest absolute Gasteiger partial charge is 0.278 e. The number of benzene rings is 3. The standard InChI is InChI=1S/C27H27ClN4O5/c1-3-4-5-18-29-26(33)25(19-6-10-21(28)11-7-19)30-31(22-14-16-24(37-2)17-15-22)27(34)20-8-12-23(13-9-20)32(35)36/h6-17H,3-5,18H2,1-2H3,(H,29,33). The normalized spacial score (nSPS) is 11.1. The lowest BCUT2D eigenvalue weighted by molar-refractivity contribution is -0.384.